The van der Waals surface area contributed by atoms with Gasteiger partial charge in [-0.1, -0.05) is 17.7 Å². The van der Waals surface area contributed by atoms with Crippen molar-refractivity contribution in [3.8, 4) is 5.75 Å². The Hall–Kier alpha value is -2.58. The predicted molar refractivity (Wildman–Crippen MR) is 117 cm³/mol. The van der Waals surface area contributed by atoms with Gasteiger partial charge in [-0.05, 0) is 36.6 Å². The highest BCUT2D eigenvalue weighted by Crippen LogP contribution is 2.35. The molecule has 0 aliphatic carbocycles. The molecular weight excluding hydrogens is 426 g/mol. The molecule has 3 rings (SSSR count). The number of thiophene rings is 1. The van der Waals surface area contributed by atoms with Crippen molar-refractivity contribution in [2.75, 3.05) is 31.6 Å². The molecule has 2 aromatic rings. The van der Waals surface area contributed by atoms with Crippen LogP contribution in [-0.2, 0) is 20.9 Å². The van der Waals surface area contributed by atoms with Crippen molar-refractivity contribution in [1.29, 1.82) is 0 Å². The number of ether oxygens (including phenoxy) is 1. The zero-order chi connectivity index (χ0) is 21.7. The number of benzene rings is 1. The van der Waals surface area contributed by atoms with Gasteiger partial charge in [0, 0.05) is 29.4 Å². The molecule has 0 saturated carbocycles. The van der Waals surface area contributed by atoms with E-state index in [1.165, 1.54) is 16.9 Å². The summed E-state index contributed by atoms with van der Waals surface area (Å²) >= 11 is 7.64. The molecule has 1 aliphatic heterocycles. The summed E-state index contributed by atoms with van der Waals surface area (Å²) in [7, 11) is 1.52. The number of likely N-dealkylation sites (N-methyl/N-ethyl adjacent to an activating group) is 1. The van der Waals surface area contributed by atoms with Gasteiger partial charge < -0.3 is 19.9 Å². The van der Waals surface area contributed by atoms with Crippen molar-refractivity contribution in [1.82, 2.24) is 10.2 Å². The maximum Gasteiger partial charge on any atom is 0.239 e. The lowest BCUT2D eigenvalue weighted by Crippen LogP contribution is -2.43. The number of nitrogens with one attached hydrogen (secondary N) is 1. The summed E-state index contributed by atoms with van der Waals surface area (Å²) in [6, 6.07) is 8.89. The lowest BCUT2D eigenvalue weighted by atomic mass is 10.1. The number of amides is 3. The molecule has 3 amide bonds. The van der Waals surface area contributed by atoms with E-state index in [0.717, 1.165) is 4.88 Å². The molecule has 0 bridgehead atoms. The van der Waals surface area contributed by atoms with Gasteiger partial charge in [0.15, 0.2) is 0 Å². The van der Waals surface area contributed by atoms with Crippen LogP contribution in [0.3, 0.4) is 0 Å². The van der Waals surface area contributed by atoms with Gasteiger partial charge in [0.2, 0.25) is 17.7 Å². The maximum absolute atomic E-state index is 13.0. The minimum atomic E-state index is -0.522. The fourth-order valence-corrected chi connectivity index (χ4v) is 4.22. The maximum atomic E-state index is 13.0. The van der Waals surface area contributed by atoms with Crippen LogP contribution in [0.5, 0.6) is 5.75 Å². The Labute approximate surface area is 184 Å². The molecule has 30 heavy (non-hydrogen) atoms. The third-order valence-corrected chi connectivity index (χ3v) is 6.09. The van der Waals surface area contributed by atoms with Crippen LogP contribution in [0.15, 0.2) is 35.7 Å². The highest BCUT2D eigenvalue weighted by Gasteiger charge is 2.38. The first-order chi connectivity index (χ1) is 14.4. The van der Waals surface area contributed by atoms with Crippen LogP contribution in [0, 0.1) is 5.92 Å². The molecule has 0 radical (unpaired) electrons. The molecule has 1 aromatic carbocycles. The summed E-state index contributed by atoms with van der Waals surface area (Å²) in [6.07, 6.45) is 0.0851. The highest BCUT2D eigenvalue weighted by atomic mass is 35.5. The monoisotopic (exact) mass is 449 g/mol. The van der Waals surface area contributed by atoms with Gasteiger partial charge in [-0.25, -0.2) is 0 Å². The molecule has 2 heterocycles. The Morgan fingerprint density at radius 1 is 1.37 bits per heavy atom. The Morgan fingerprint density at radius 2 is 2.17 bits per heavy atom. The number of anilines is 1. The van der Waals surface area contributed by atoms with Gasteiger partial charge in [0.05, 0.1) is 31.8 Å². The van der Waals surface area contributed by atoms with Crippen LogP contribution in [-0.4, -0.2) is 49.4 Å². The van der Waals surface area contributed by atoms with Gasteiger partial charge in [0.25, 0.3) is 0 Å². The summed E-state index contributed by atoms with van der Waals surface area (Å²) in [4.78, 5) is 42.0. The minimum Gasteiger partial charge on any atom is -0.495 e. The molecule has 7 nitrogen and oxygen atoms in total. The number of halogens is 1. The molecule has 1 aliphatic rings. The van der Waals surface area contributed by atoms with Crippen LogP contribution in [0.1, 0.15) is 18.2 Å². The predicted octanol–water partition coefficient (Wildman–Crippen LogP) is 2.93. The molecule has 1 N–H and O–H groups in total. The summed E-state index contributed by atoms with van der Waals surface area (Å²) < 4.78 is 5.34. The molecule has 1 unspecified atom stereocenters. The second-order valence-corrected chi connectivity index (χ2v) is 8.40. The third kappa shape index (κ3) is 5.12. The fraction of sp³-hybridized carbons (Fsp3) is 0.381. The largest absolute Gasteiger partial charge is 0.495 e. The van der Waals surface area contributed by atoms with Gasteiger partial charge in [-0.15, -0.1) is 11.3 Å². The number of rotatable bonds is 8. The number of carbonyl (C=O) groups excluding carboxylic acids is 3. The lowest BCUT2D eigenvalue weighted by molar-refractivity contribution is -0.139. The smallest absolute Gasteiger partial charge is 0.239 e. The van der Waals surface area contributed by atoms with E-state index >= 15 is 0 Å². The van der Waals surface area contributed by atoms with E-state index in [0.29, 0.717) is 29.5 Å². The first-order valence-electron chi connectivity index (χ1n) is 9.64. The van der Waals surface area contributed by atoms with E-state index in [2.05, 4.69) is 5.32 Å². The lowest BCUT2D eigenvalue weighted by Gasteiger charge is -2.24. The topological polar surface area (TPSA) is 79.0 Å². The van der Waals surface area contributed by atoms with E-state index in [4.69, 9.17) is 16.3 Å². The van der Waals surface area contributed by atoms with Gasteiger partial charge in [-0.2, -0.15) is 0 Å². The zero-order valence-electron chi connectivity index (χ0n) is 16.9. The zero-order valence-corrected chi connectivity index (χ0v) is 18.5. The number of methoxy groups -OCH3 is 1. The Bertz CT molecular complexity index is 919. The molecule has 1 saturated heterocycles. The quantitative estimate of drug-likeness (QED) is 0.672. The van der Waals surface area contributed by atoms with Crippen molar-refractivity contribution < 1.29 is 19.1 Å². The van der Waals surface area contributed by atoms with E-state index in [9.17, 15) is 14.4 Å². The average Bonchev–Trinajstić information content (AvgIpc) is 3.39. The van der Waals surface area contributed by atoms with Crippen LogP contribution >= 0.6 is 22.9 Å². The van der Waals surface area contributed by atoms with Crippen molar-refractivity contribution in [2.45, 2.75) is 19.9 Å². The van der Waals surface area contributed by atoms with Gasteiger partial charge in [0.1, 0.15) is 5.75 Å². The van der Waals surface area contributed by atoms with Crippen LogP contribution in [0.25, 0.3) is 0 Å². The van der Waals surface area contributed by atoms with Crippen LogP contribution < -0.4 is 15.0 Å². The molecule has 1 fully saturated rings. The van der Waals surface area contributed by atoms with Crippen molar-refractivity contribution in [3.05, 3.63) is 45.6 Å². The van der Waals surface area contributed by atoms with Gasteiger partial charge >= 0.3 is 0 Å². The Kier molecular flexibility index (Phi) is 7.33. The number of nitrogens with zero attached hydrogens (tertiary/aromatic N) is 2. The second-order valence-electron chi connectivity index (χ2n) is 6.93. The Morgan fingerprint density at radius 3 is 2.83 bits per heavy atom. The standard InChI is InChI=1S/C21H24ClN3O4S/c1-3-24(13-19(26)23-11-16-5-4-8-30-16)21(28)14-9-20(27)25(12-14)17-10-15(22)6-7-18(17)29-2/h4-8,10,14H,3,9,11-13H2,1-2H3,(H,23,26). The van der Waals surface area contributed by atoms with E-state index in [1.807, 2.05) is 24.4 Å². The molecule has 0 spiro atoms. The first-order valence-corrected chi connectivity index (χ1v) is 10.9. The second kappa shape index (κ2) is 9.95. The van der Waals surface area contributed by atoms with Crippen molar-refractivity contribution in [2.24, 2.45) is 5.92 Å². The van der Waals surface area contributed by atoms with Gasteiger partial charge in [-0.3, -0.25) is 14.4 Å². The van der Waals surface area contributed by atoms with E-state index in [1.54, 1.807) is 29.5 Å². The summed E-state index contributed by atoms with van der Waals surface area (Å²) in [5, 5.41) is 5.25. The SMILES string of the molecule is CCN(CC(=O)NCc1cccs1)C(=O)C1CC(=O)N(c2cc(Cl)ccc2OC)C1. The van der Waals surface area contributed by atoms with Crippen molar-refractivity contribution in [3.63, 3.8) is 0 Å². The normalized spacial score (nSPS) is 15.9. The molecule has 1 atom stereocenters. The number of hydrogen-bond donors (Lipinski definition) is 1. The fourth-order valence-electron chi connectivity index (χ4n) is 3.41. The summed E-state index contributed by atoms with van der Waals surface area (Å²) in [6.45, 7) is 2.83. The molecule has 9 heteroatoms. The van der Waals surface area contributed by atoms with Crippen molar-refractivity contribution >= 4 is 46.3 Å². The molecular formula is C21H24ClN3O4S. The number of carbonyl (C=O) groups is 3. The van der Waals surface area contributed by atoms with Crippen LogP contribution in [0.4, 0.5) is 5.69 Å². The summed E-state index contributed by atoms with van der Waals surface area (Å²) in [5.41, 5.74) is 0.544. The molecule has 160 valence electrons. The third-order valence-electron chi connectivity index (χ3n) is 4.97. The summed E-state index contributed by atoms with van der Waals surface area (Å²) in [5.74, 6) is -0.614. The van der Waals surface area contributed by atoms with E-state index in [-0.39, 0.29) is 37.2 Å². The number of hydrogen-bond acceptors (Lipinski definition) is 5. The Balaban J connectivity index is 1.63. The van der Waals surface area contributed by atoms with Crippen LogP contribution in [0.2, 0.25) is 5.02 Å². The van der Waals surface area contributed by atoms with E-state index < -0.39 is 5.92 Å². The minimum absolute atomic E-state index is 0.0358. The first kappa shape index (κ1) is 22.1. The molecule has 1 aromatic heterocycles. The highest BCUT2D eigenvalue weighted by molar-refractivity contribution is 7.09. The average molecular weight is 450 g/mol.